The molecule has 10 heteroatoms. The van der Waals surface area contributed by atoms with Crippen LogP contribution >= 0.6 is 12.4 Å². The van der Waals surface area contributed by atoms with Gasteiger partial charge in [0.1, 0.15) is 0 Å². The number of hydrogen-bond acceptors (Lipinski definition) is 5. The molecule has 0 saturated carbocycles. The first-order valence-electron chi connectivity index (χ1n) is 8.11. The van der Waals surface area contributed by atoms with Gasteiger partial charge in [0.2, 0.25) is 21.8 Å². The number of halogens is 1. The lowest BCUT2D eigenvalue weighted by Gasteiger charge is -2.33. The van der Waals surface area contributed by atoms with Crippen LogP contribution < -0.4 is 15.4 Å². The molecule has 0 spiro atoms. The number of rotatable bonds is 5. The van der Waals surface area contributed by atoms with Crippen molar-refractivity contribution in [2.45, 2.75) is 37.8 Å². The highest BCUT2D eigenvalue weighted by Gasteiger charge is 2.28. The molecule has 26 heavy (non-hydrogen) atoms. The van der Waals surface area contributed by atoms with Gasteiger partial charge in [0.25, 0.3) is 0 Å². The number of benzene rings is 1. The first kappa shape index (κ1) is 22.4. The van der Waals surface area contributed by atoms with Gasteiger partial charge >= 0.3 is 0 Å². The second kappa shape index (κ2) is 9.31. The van der Waals surface area contributed by atoms with E-state index in [1.807, 2.05) is 6.92 Å². The van der Waals surface area contributed by atoms with Gasteiger partial charge in [-0.2, -0.15) is 4.72 Å². The van der Waals surface area contributed by atoms with Crippen LogP contribution in [0, 0.1) is 0 Å². The number of anilines is 1. The molecule has 1 aromatic rings. The van der Waals surface area contributed by atoms with E-state index >= 15 is 0 Å². The van der Waals surface area contributed by atoms with Crippen LogP contribution in [0.15, 0.2) is 29.2 Å². The fraction of sp³-hybridized carbons (Fsp3) is 0.500. The predicted octanol–water partition coefficient (Wildman–Crippen LogP) is 0.554. The number of hydrogen-bond donors (Lipinski definition) is 3. The van der Waals surface area contributed by atoms with E-state index in [1.54, 1.807) is 4.90 Å². The number of nitrogens with zero attached hydrogens (tertiary/aromatic N) is 1. The minimum atomic E-state index is -3.83. The molecule has 1 fully saturated rings. The highest BCUT2D eigenvalue weighted by molar-refractivity contribution is 7.89. The molecule has 3 N–H and O–H groups in total. The maximum atomic E-state index is 12.5. The maximum absolute atomic E-state index is 12.5. The molecule has 2 atom stereocenters. The highest BCUT2D eigenvalue weighted by Crippen LogP contribution is 2.15. The Morgan fingerprint density at radius 2 is 1.88 bits per heavy atom. The molecule has 146 valence electrons. The summed E-state index contributed by atoms with van der Waals surface area (Å²) >= 11 is 0. The molecule has 1 heterocycles. The zero-order valence-electron chi connectivity index (χ0n) is 15.0. The van der Waals surface area contributed by atoms with Crippen LogP contribution in [0.25, 0.3) is 0 Å². The predicted molar refractivity (Wildman–Crippen MR) is 102 cm³/mol. The molecule has 0 aromatic heterocycles. The minimum Gasteiger partial charge on any atom is -0.338 e. The second-order valence-corrected chi connectivity index (χ2v) is 7.90. The van der Waals surface area contributed by atoms with E-state index < -0.39 is 16.1 Å². The average molecular weight is 405 g/mol. The third kappa shape index (κ3) is 5.94. The Bertz CT molecular complexity index is 739. The van der Waals surface area contributed by atoms with Crippen molar-refractivity contribution in [1.29, 1.82) is 0 Å². The number of carbonyl (C=O) groups is 2. The molecule has 2 unspecified atom stereocenters. The van der Waals surface area contributed by atoms with Gasteiger partial charge in [0.15, 0.2) is 0 Å². The molecule has 0 bridgehead atoms. The molecule has 1 aromatic carbocycles. The SMILES string of the molecule is CC(=O)Nc1ccc(S(=O)(=O)NC(C)C(=O)N2CCNC(C)C2)cc1.Cl. The third-order valence-corrected chi connectivity index (χ3v) is 5.42. The van der Waals surface area contributed by atoms with Gasteiger partial charge in [-0.3, -0.25) is 9.59 Å². The van der Waals surface area contributed by atoms with Crippen LogP contribution in [0.5, 0.6) is 0 Å². The van der Waals surface area contributed by atoms with Gasteiger partial charge in [-0.25, -0.2) is 8.42 Å². The van der Waals surface area contributed by atoms with Crippen LogP contribution in [0.3, 0.4) is 0 Å². The molecule has 0 radical (unpaired) electrons. The van der Waals surface area contributed by atoms with Crippen molar-refractivity contribution in [1.82, 2.24) is 14.9 Å². The standard InChI is InChI=1S/C16H24N4O4S.ClH/c1-11-10-20(9-8-17-11)16(22)12(2)19-25(23,24)15-6-4-14(5-7-15)18-13(3)21;/h4-7,11-12,17,19H,8-10H2,1-3H3,(H,18,21);1H. The molecule has 1 aliphatic heterocycles. The van der Waals surface area contributed by atoms with E-state index in [2.05, 4.69) is 15.4 Å². The van der Waals surface area contributed by atoms with Crippen molar-refractivity contribution in [2.24, 2.45) is 0 Å². The summed E-state index contributed by atoms with van der Waals surface area (Å²) < 4.78 is 27.3. The van der Waals surface area contributed by atoms with Gasteiger partial charge in [0.05, 0.1) is 10.9 Å². The lowest BCUT2D eigenvalue weighted by Crippen LogP contribution is -2.55. The van der Waals surface area contributed by atoms with Crippen LogP contribution in [-0.4, -0.2) is 56.9 Å². The summed E-state index contributed by atoms with van der Waals surface area (Å²) in [7, 11) is -3.83. The van der Waals surface area contributed by atoms with E-state index in [0.717, 1.165) is 0 Å². The summed E-state index contributed by atoms with van der Waals surface area (Å²) in [6.07, 6.45) is 0. The summed E-state index contributed by atoms with van der Waals surface area (Å²) in [5.41, 5.74) is 0.505. The summed E-state index contributed by atoms with van der Waals surface area (Å²) in [5.74, 6) is -0.481. The van der Waals surface area contributed by atoms with Gasteiger partial charge in [0, 0.05) is 38.3 Å². The first-order valence-corrected chi connectivity index (χ1v) is 9.59. The molecule has 1 saturated heterocycles. The fourth-order valence-corrected chi connectivity index (χ4v) is 3.87. The molecule has 2 amide bonds. The second-order valence-electron chi connectivity index (χ2n) is 6.19. The van der Waals surface area contributed by atoms with Gasteiger partial charge < -0.3 is 15.5 Å². The monoisotopic (exact) mass is 404 g/mol. The lowest BCUT2D eigenvalue weighted by atomic mass is 10.2. The van der Waals surface area contributed by atoms with E-state index in [-0.39, 0.29) is 35.2 Å². The molecule has 8 nitrogen and oxygen atoms in total. The zero-order chi connectivity index (χ0) is 18.6. The van der Waals surface area contributed by atoms with E-state index in [1.165, 1.54) is 38.1 Å². The zero-order valence-corrected chi connectivity index (χ0v) is 16.6. The Kier molecular flexibility index (Phi) is 8.01. The summed E-state index contributed by atoms with van der Waals surface area (Å²) in [5, 5.41) is 5.80. The fourth-order valence-electron chi connectivity index (χ4n) is 2.68. The Morgan fingerprint density at radius 1 is 1.27 bits per heavy atom. The molecular formula is C16H25ClN4O4S. The number of nitrogens with one attached hydrogen (secondary N) is 3. The normalized spacial score (nSPS) is 18.6. The number of sulfonamides is 1. The van der Waals surface area contributed by atoms with Crippen LogP contribution in [0.1, 0.15) is 20.8 Å². The summed E-state index contributed by atoms with van der Waals surface area (Å²) in [6.45, 7) is 6.69. The molecular weight excluding hydrogens is 380 g/mol. The minimum absolute atomic E-state index is 0. The Labute approximate surface area is 160 Å². The third-order valence-electron chi connectivity index (χ3n) is 3.87. The van der Waals surface area contributed by atoms with Crippen molar-refractivity contribution < 1.29 is 18.0 Å². The Balaban J connectivity index is 0.00000338. The van der Waals surface area contributed by atoms with Crippen LogP contribution in [0.4, 0.5) is 5.69 Å². The highest BCUT2D eigenvalue weighted by atomic mass is 35.5. The Morgan fingerprint density at radius 3 is 2.42 bits per heavy atom. The summed E-state index contributed by atoms with van der Waals surface area (Å²) in [6, 6.07) is 5.10. The maximum Gasteiger partial charge on any atom is 0.241 e. The first-order chi connectivity index (χ1) is 11.7. The average Bonchev–Trinajstić information content (AvgIpc) is 2.53. The smallest absolute Gasteiger partial charge is 0.241 e. The largest absolute Gasteiger partial charge is 0.338 e. The van der Waals surface area contributed by atoms with Crippen LogP contribution in [0.2, 0.25) is 0 Å². The number of carbonyl (C=O) groups excluding carboxylic acids is 2. The van der Waals surface area contributed by atoms with Gasteiger partial charge in [-0.1, -0.05) is 0 Å². The number of amides is 2. The lowest BCUT2D eigenvalue weighted by molar-refractivity contribution is -0.133. The number of piperazine rings is 1. The van der Waals surface area contributed by atoms with Crippen molar-refractivity contribution in [2.75, 3.05) is 25.0 Å². The molecule has 1 aliphatic rings. The van der Waals surface area contributed by atoms with Gasteiger partial charge in [-0.05, 0) is 38.1 Å². The van der Waals surface area contributed by atoms with Crippen molar-refractivity contribution >= 4 is 39.9 Å². The van der Waals surface area contributed by atoms with Crippen molar-refractivity contribution in [3.63, 3.8) is 0 Å². The van der Waals surface area contributed by atoms with E-state index in [4.69, 9.17) is 0 Å². The summed E-state index contributed by atoms with van der Waals surface area (Å²) in [4.78, 5) is 25.2. The van der Waals surface area contributed by atoms with E-state index in [0.29, 0.717) is 25.3 Å². The molecule has 2 rings (SSSR count). The van der Waals surface area contributed by atoms with Crippen LogP contribution in [-0.2, 0) is 19.6 Å². The Hall–Kier alpha value is -1.68. The molecule has 0 aliphatic carbocycles. The van der Waals surface area contributed by atoms with Gasteiger partial charge in [-0.15, -0.1) is 12.4 Å². The topological polar surface area (TPSA) is 108 Å². The quantitative estimate of drug-likeness (QED) is 0.664. The van der Waals surface area contributed by atoms with Crippen molar-refractivity contribution in [3.05, 3.63) is 24.3 Å². The van der Waals surface area contributed by atoms with E-state index in [9.17, 15) is 18.0 Å². The van der Waals surface area contributed by atoms with Crippen molar-refractivity contribution in [3.8, 4) is 0 Å².